The zero-order valence-electron chi connectivity index (χ0n) is 21.0. The van der Waals surface area contributed by atoms with Crippen LogP contribution in [-0.2, 0) is 11.2 Å². The van der Waals surface area contributed by atoms with Crippen LogP contribution in [-0.4, -0.2) is 75.1 Å². The molecule has 204 valence electrons. The van der Waals surface area contributed by atoms with Crippen LogP contribution in [0.15, 0.2) is 51.2 Å². The fourth-order valence-electron chi connectivity index (χ4n) is 4.19. The minimum Gasteiger partial charge on any atom is -0.504 e. The summed E-state index contributed by atoms with van der Waals surface area (Å²) < 4.78 is 22.3. The molecule has 2 aromatic carbocycles. The van der Waals surface area contributed by atoms with Crippen molar-refractivity contribution in [2.75, 3.05) is 13.7 Å². The van der Waals surface area contributed by atoms with Crippen molar-refractivity contribution in [3.63, 3.8) is 0 Å². The summed E-state index contributed by atoms with van der Waals surface area (Å²) in [7, 11) is 1.29. The lowest BCUT2D eigenvalue weighted by Gasteiger charge is -2.39. The van der Waals surface area contributed by atoms with Gasteiger partial charge in [-0.2, -0.15) is 0 Å². The molecule has 1 fully saturated rings. The molecule has 6 N–H and O–H groups in total. The summed E-state index contributed by atoms with van der Waals surface area (Å²) in [6, 6.07) is 6.78. The molecule has 5 atom stereocenters. The number of ether oxygens (including phenoxy) is 3. The van der Waals surface area contributed by atoms with E-state index in [2.05, 4.69) is 0 Å². The Hall–Kier alpha value is -3.61. The molecular formula is C27H30O11. The maximum atomic E-state index is 13.1. The Bertz CT molecular complexity index is 1380. The van der Waals surface area contributed by atoms with Gasteiger partial charge in [0.15, 0.2) is 16.9 Å². The predicted octanol–water partition coefficient (Wildman–Crippen LogP) is 1.57. The SMILES string of the molecule is COc1c(O)cc(-c2cc(=O)c3cc(CC=C(C)C)c(O[C@@H]4O[C@@H](CO)[C@H](O)[C@@H](O)[C@@H]4O)cc3o2)cc1O. The molecule has 0 radical (unpaired) electrons. The Kier molecular flexibility index (Phi) is 7.95. The van der Waals surface area contributed by atoms with E-state index in [0.717, 1.165) is 5.57 Å². The van der Waals surface area contributed by atoms with Gasteiger partial charge in [-0.15, -0.1) is 0 Å². The Balaban J connectivity index is 1.81. The summed E-state index contributed by atoms with van der Waals surface area (Å²) in [5.41, 5.74) is 1.47. The van der Waals surface area contributed by atoms with E-state index >= 15 is 0 Å². The first kappa shape index (κ1) is 27.4. The minimum atomic E-state index is -1.64. The Morgan fingerprint density at radius 1 is 1.00 bits per heavy atom. The predicted molar refractivity (Wildman–Crippen MR) is 135 cm³/mol. The molecule has 1 saturated heterocycles. The third-order valence-corrected chi connectivity index (χ3v) is 6.27. The monoisotopic (exact) mass is 530 g/mol. The first-order valence-electron chi connectivity index (χ1n) is 11.9. The van der Waals surface area contributed by atoms with Crippen molar-refractivity contribution in [3.8, 4) is 34.3 Å². The van der Waals surface area contributed by atoms with Gasteiger partial charge in [-0.05, 0) is 44.0 Å². The van der Waals surface area contributed by atoms with Crippen molar-refractivity contribution in [1.29, 1.82) is 0 Å². The quantitative estimate of drug-likeness (QED) is 0.244. The molecule has 1 aliphatic rings. The summed E-state index contributed by atoms with van der Waals surface area (Å²) >= 11 is 0. The lowest BCUT2D eigenvalue weighted by Crippen LogP contribution is -2.60. The Labute approximate surface area is 217 Å². The van der Waals surface area contributed by atoms with E-state index in [9.17, 15) is 35.4 Å². The van der Waals surface area contributed by atoms with Crippen molar-refractivity contribution >= 4 is 11.0 Å². The third kappa shape index (κ3) is 5.33. The number of aliphatic hydroxyl groups is 4. The second-order valence-electron chi connectivity index (χ2n) is 9.28. The summed E-state index contributed by atoms with van der Waals surface area (Å²) in [5.74, 6) is -0.620. The van der Waals surface area contributed by atoms with E-state index in [4.69, 9.17) is 18.6 Å². The zero-order valence-corrected chi connectivity index (χ0v) is 21.0. The van der Waals surface area contributed by atoms with Crippen LogP contribution in [0.3, 0.4) is 0 Å². The molecule has 4 rings (SSSR count). The van der Waals surface area contributed by atoms with Crippen LogP contribution in [0.5, 0.6) is 23.0 Å². The zero-order chi connectivity index (χ0) is 27.7. The normalized spacial score (nSPS) is 23.3. The highest BCUT2D eigenvalue weighted by molar-refractivity contribution is 5.82. The Morgan fingerprint density at radius 3 is 2.29 bits per heavy atom. The molecule has 1 aliphatic heterocycles. The number of fused-ring (bicyclic) bond motifs is 1. The van der Waals surface area contributed by atoms with Gasteiger partial charge < -0.3 is 49.3 Å². The number of rotatable bonds is 7. The highest BCUT2D eigenvalue weighted by Gasteiger charge is 2.45. The van der Waals surface area contributed by atoms with Crippen LogP contribution in [0.4, 0.5) is 0 Å². The largest absolute Gasteiger partial charge is 0.504 e. The van der Waals surface area contributed by atoms with E-state index in [1.165, 1.54) is 31.4 Å². The average Bonchev–Trinajstić information content (AvgIpc) is 2.87. The van der Waals surface area contributed by atoms with Crippen LogP contribution < -0.4 is 14.9 Å². The first-order valence-corrected chi connectivity index (χ1v) is 11.9. The van der Waals surface area contributed by atoms with Gasteiger partial charge in [-0.25, -0.2) is 0 Å². The number of methoxy groups -OCH3 is 1. The number of allylic oxidation sites excluding steroid dienone is 2. The molecule has 0 saturated carbocycles. The van der Waals surface area contributed by atoms with Crippen molar-refractivity contribution in [3.05, 3.63) is 57.8 Å². The fraction of sp³-hybridized carbons (Fsp3) is 0.370. The number of hydrogen-bond donors (Lipinski definition) is 6. The van der Waals surface area contributed by atoms with Crippen LogP contribution in [0.2, 0.25) is 0 Å². The molecule has 3 aromatic rings. The molecule has 0 amide bonds. The minimum absolute atomic E-state index is 0.0478. The van der Waals surface area contributed by atoms with E-state index in [0.29, 0.717) is 12.0 Å². The molecule has 0 aliphatic carbocycles. The van der Waals surface area contributed by atoms with Gasteiger partial charge >= 0.3 is 0 Å². The standard InChI is InChI=1S/C27H30O11/c1-12(2)4-5-13-6-15-16(29)9-19(14-7-17(30)26(35-3)18(31)8-14)36-21(15)10-20(13)37-27-25(34)24(33)23(32)22(11-28)38-27/h4,6-10,22-25,27-28,30-34H,5,11H2,1-3H3/t22-,23-,24+,25-,27+/m0/s1. The Morgan fingerprint density at radius 2 is 1.68 bits per heavy atom. The lowest BCUT2D eigenvalue weighted by molar-refractivity contribution is -0.277. The van der Waals surface area contributed by atoms with Crippen molar-refractivity contribution in [1.82, 2.24) is 0 Å². The van der Waals surface area contributed by atoms with E-state index < -0.39 is 42.7 Å². The van der Waals surface area contributed by atoms with E-state index in [1.54, 1.807) is 6.07 Å². The fourth-order valence-corrected chi connectivity index (χ4v) is 4.19. The van der Waals surface area contributed by atoms with Gasteiger partial charge in [-0.3, -0.25) is 4.79 Å². The molecule has 0 spiro atoms. The van der Waals surface area contributed by atoms with Gasteiger partial charge in [-0.1, -0.05) is 11.6 Å². The van der Waals surface area contributed by atoms with Crippen molar-refractivity contribution in [2.24, 2.45) is 0 Å². The van der Waals surface area contributed by atoms with Gasteiger partial charge in [0.2, 0.25) is 12.0 Å². The molecule has 11 heteroatoms. The number of benzene rings is 2. The summed E-state index contributed by atoms with van der Waals surface area (Å²) in [4.78, 5) is 13.1. The molecule has 0 unspecified atom stereocenters. The smallest absolute Gasteiger partial charge is 0.229 e. The van der Waals surface area contributed by atoms with Crippen molar-refractivity contribution in [2.45, 2.75) is 51.0 Å². The molecule has 11 nitrogen and oxygen atoms in total. The average molecular weight is 531 g/mol. The van der Waals surface area contributed by atoms with Crippen LogP contribution in [0.1, 0.15) is 19.4 Å². The first-order chi connectivity index (χ1) is 18.0. The van der Waals surface area contributed by atoms with E-state index in [1.807, 2.05) is 19.9 Å². The number of hydrogen-bond acceptors (Lipinski definition) is 11. The lowest BCUT2D eigenvalue weighted by atomic mass is 9.99. The summed E-state index contributed by atoms with van der Waals surface area (Å²) in [6.45, 7) is 3.19. The van der Waals surface area contributed by atoms with Gasteiger partial charge in [0.25, 0.3) is 0 Å². The van der Waals surface area contributed by atoms with Crippen LogP contribution >= 0.6 is 0 Å². The third-order valence-electron chi connectivity index (χ3n) is 6.27. The highest BCUT2D eigenvalue weighted by atomic mass is 16.7. The molecule has 2 heterocycles. The molecule has 38 heavy (non-hydrogen) atoms. The number of aromatic hydroxyl groups is 2. The maximum absolute atomic E-state index is 13.1. The van der Waals surface area contributed by atoms with Gasteiger partial charge in [0.1, 0.15) is 41.5 Å². The van der Waals surface area contributed by atoms with E-state index in [-0.39, 0.29) is 45.3 Å². The second-order valence-corrected chi connectivity index (χ2v) is 9.28. The molecule has 0 bridgehead atoms. The number of aliphatic hydroxyl groups excluding tert-OH is 4. The summed E-state index contributed by atoms with van der Waals surface area (Å²) in [5, 5.41) is 60.7. The topological polar surface area (TPSA) is 179 Å². The van der Waals surface area contributed by atoms with Crippen molar-refractivity contribution < 1.29 is 49.3 Å². The van der Waals surface area contributed by atoms with Crippen LogP contribution in [0, 0.1) is 0 Å². The summed E-state index contributed by atoms with van der Waals surface area (Å²) in [6.07, 6.45) is -5.17. The highest BCUT2D eigenvalue weighted by Crippen LogP contribution is 2.40. The van der Waals surface area contributed by atoms with Crippen LogP contribution in [0.25, 0.3) is 22.3 Å². The maximum Gasteiger partial charge on any atom is 0.229 e. The number of phenolic OH excluding ortho intramolecular Hbond substituents is 2. The molecule has 1 aromatic heterocycles. The number of phenols is 2. The molecular weight excluding hydrogens is 500 g/mol. The van der Waals surface area contributed by atoms with Gasteiger partial charge in [0, 0.05) is 17.7 Å². The van der Waals surface area contributed by atoms with Gasteiger partial charge in [0.05, 0.1) is 19.1 Å². The second kappa shape index (κ2) is 11.0.